The van der Waals surface area contributed by atoms with Crippen molar-refractivity contribution in [3.8, 4) is 0 Å². The molecule has 0 unspecified atom stereocenters. The number of nitrogens with zero attached hydrogens (tertiary/aromatic N) is 2. The summed E-state index contributed by atoms with van der Waals surface area (Å²) in [5.41, 5.74) is 6.08. The molecule has 1 heterocycles. The molecule has 0 amide bonds. The summed E-state index contributed by atoms with van der Waals surface area (Å²) >= 11 is 0. The van der Waals surface area contributed by atoms with Crippen LogP contribution in [0, 0.1) is 6.92 Å². The monoisotopic (exact) mass is 151 g/mol. The van der Waals surface area contributed by atoms with Crippen LogP contribution in [0.25, 0.3) is 0 Å². The highest BCUT2D eigenvalue weighted by Gasteiger charge is 2.05. The third kappa shape index (κ3) is 1.52. The Hall–Kier alpha value is -1.45. The average molecular weight is 151 g/mol. The molecule has 1 aromatic rings. The molecule has 0 aliphatic rings. The van der Waals surface area contributed by atoms with E-state index in [2.05, 4.69) is 9.97 Å². The maximum Gasteiger partial charge on any atom is 0.180 e. The zero-order valence-corrected chi connectivity index (χ0v) is 6.46. The Kier molecular flexibility index (Phi) is 1.85. The van der Waals surface area contributed by atoms with Gasteiger partial charge in [-0.1, -0.05) is 0 Å². The van der Waals surface area contributed by atoms with E-state index in [9.17, 15) is 4.79 Å². The van der Waals surface area contributed by atoms with Crippen molar-refractivity contribution in [2.45, 2.75) is 13.8 Å². The van der Waals surface area contributed by atoms with Gasteiger partial charge in [-0.05, 0) is 6.92 Å². The zero-order valence-electron chi connectivity index (χ0n) is 6.46. The van der Waals surface area contributed by atoms with Crippen LogP contribution in [-0.2, 0) is 0 Å². The Labute approximate surface area is 64.5 Å². The quantitative estimate of drug-likeness (QED) is 0.596. The molecule has 0 fully saturated rings. The normalized spacial score (nSPS) is 9.64. The first kappa shape index (κ1) is 7.65. The first-order valence-electron chi connectivity index (χ1n) is 3.21. The fraction of sp³-hybridized carbons (Fsp3) is 0.286. The van der Waals surface area contributed by atoms with Crippen molar-refractivity contribution in [1.29, 1.82) is 0 Å². The molecular weight excluding hydrogens is 142 g/mol. The van der Waals surface area contributed by atoms with E-state index in [4.69, 9.17) is 5.73 Å². The second kappa shape index (κ2) is 2.65. The van der Waals surface area contributed by atoms with Gasteiger partial charge in [-0.3, -0.25) is 4.79 Å². The molecule has 0 spiro atoms. The number of anilines is 1. The van der Waals surface area contributed by atoms with Crippen LogP contribution in [0.1, 0.15) is 23.2 Å². The van der Waals surface area contributed by atoms with Crippen LogP contribution in [0.2, 0.25) is 0 Å². The average Bonchev–Trinajstić information content (AvgIpc) is 1.94. The standard InChI is InChI=1S/C7H9N3O/c1-4(11)7-6(8)3-9-5(2)10-7/h3H,8H2,1-2H3. The van der Waals surface area contributed by atoms with Gasteiger partial charge in [0.2, 0.25) is 0 Å². The highest BCUT2D eigenvalue weighted by atomic mass is 16.1. The zero-order chi connectivity index (χ0) is 8.43. The molecule has 1 aromatic heterocycles. The lowest BCUT2D eigenvalue weighted by molar-refractivity contribution is 0.101. The maximum absolute atomic E-state index is 10.8. The van der Waals surface area contributed by atoms with Crippen molar-refractivity contribution in [2.75, 3.05) is 5.73 Å². The molecule has 0 saturated heterocycles. The lowest BCUT2D eigenvalue weighted by Gasteiger charge is -1.99. The Bertz CT molecular complexity index is 296. The fourth-order valence-corrected chi connectivity index (χ4v) is 0.761. The van der Waals surface area contributed by atoms with E-state index in [0.717, 1.165) is 0 Å². The lowest BCUT2D eigenvalue weighted by atomic mass is 10.2. The summed E-state index contributed by atoms with van der Waals surface area (Å²) in [6.45, 7) is 3.14. The number of aromatic nitrogens is 2. The summed E-state index contributed by atoms with van der Waals surface area (Å²) < 4.78 is 0. The molecule has 1 rings (SSSR count). The molecule has 0 saturated carbocycles. The first-order valence-corrected chi connectivity index (χ1v) is 3.21. The predicted octanol–water partition coefficient (Wildman–Crippen LogP) is 0.570. The molecule has 11 heavy (non-hydrogen) atoms. The Morgan fingerprint density at radius 1 is 1.64 bits per heavy atom. The molecule has 2 N–H and O–H groups in total. The van der Waals surface area contributed by atoms with Gasteiger partial charge in [-0.25, -0.2) is 9.97 Å². The van der Waals surface area contributed by atoms with E-state index >= 15 is 0 Å². The van der Waals surface area contributed by atoms with Crippen LogP contribution < -0.4 is 5.73 Å². The number of carbonyl (C=O) groups excluding carboxylic acids is 1. The minimum Gasteiger partial charge on any atom is -0.396 e. The summed E-state index contributed by atoms with van der Waals surface area (Å²) in [5.74, 6) is 0.428. The van der Waals surface area contributed by atoms with Crippen LogP contribution in [0.15, 0.2) is 6.20 Å². The van der Waals surface area contributed by atoms with E-state index in [1.54, 1.807) is 6.92 Å². The smallest absolute Gasteiger partial charge is 0.180 e. The molecule has 4 nitrogen and oxygen atoms in total. The minimum absolute atomic E-state index is 0.131. The Balaban J connectivity index is 3.23. The van der Waals surface area contributed by atoms with Crippen molar-refractivity contribution in [2.24, 2.45) is 0 Å². The van der Waals surface area contributed by atoms with Gasteiger partial charge >= 0.3 is 0 Å². The summed E-state index contributed by atoms with van der Waals surface area (Å²) in [6, 6.07) is 0. The van der Waals surface area contributed by atoms with Crippen LogP contribution in [-0.4, -0.2) is 15.8 Å². The largest absolute Gasteiger partial charge is 0.396 e. The third-order valence-electron chi connectivity index (χ3n) is 1.27. The number of hydrogen-bond acceptors (Lipinski definition) is 4. The van der Waals surface area contributed by atoms with E-state index in [-0.39, 0.29) is 5.78 Å². The lowest BCUT2D eigenvalue weighted by Crippen LogP contribution is -2.05. The van der Waals surface area contributed by atoms with Crippen molar-refractivity contribution in [1.82, 2.24) is 9.97 Å². The van der Waals surface area contributed by atoms with Crippen LogP contribution in [0.3, 0.4) is 0 Å². The Morgan fingerprint density at radius 2 is 2.27 bits per heavy atom. The van der Waals surface area contributed by atoms with Crippen molar-refractivity contribution in [3.05, 3.63) is 17.7 Å². The van der Waals surface area contributed by atoms with Crippen molar-refractivity contribution < 1.29 is 4.79 Å². The summed E-state index contributed by atoms with van der Waals surface area (Å²) in [5, 5.41) is 0. The molecule has 0 aromatic carbocycles. The van der Waals surface area contributed by atoms with E-state index in [0.29, 0.717) is 17.2 Å². The van der Waals surface area contributed by atoms with Gasteiger partial charge in [-0.2, -0.15) is 0 Å². The van der Waals surface area contributed by atoms with Gasteiger partial charge in [0, 0.05) is 6.92 Å². The molecule has 4 heteroatoms. The van der Waals surface area contributed by atoms with Gasteiger partial charge < -0.3 is 5.73 Å². The predicted molar refractivity (Wildman–Crippen MR) is 41.2 cm³/mol. The second-order valence-corrected chi connectivity index (χ2v) is 2.28. The number of hydrogen-bond donors (Lipinski definition) is 1. The fourth-order valence-electron chi connectivity index (χ4n) is 0.761. The number of rotatable bonds is 1. The molecule has 0 radical (unpaired) electrons. The topological polar surface area (TPSA) is 68.9 Å². The highest BCUT2D eigenvalue weighted by molar-refractivity contribution is 5.96. The number of nitrogen functional groups attached to an aromatic ring is 1. The van der Waals surface area contributed by atoms with Gasteiger partial charge in [0.1, 0.15) is 11.5 Å². The molecular formula is C7H9N3O. The van der Waals surface area contributed by atoms with E-state index in [1.165, 1.54) is 13.1 Å². The van der Waals surface area contributed by atoms with Crippen molar-refractivity contribution in [3.63, 3.8) is 0 Å². The van der Waals surface area contributed by atoms with Gasteiger partial charge in [0.05, 0.1) is 11.9 Å². The van der Waals surface area contributed by atoms with E-state index < -0.39 is 0 Å². The first-order chi connectivity index (χ1) is 5.11. The molecule has 58 valence electrons. The van der Waals surface area contributed by atoms with Crippen LogP contribution in [0.4, 0.5) is 5.69 Å². The van der Waals surface area contributed by atoms with Crippen molar-refractivity contribution >= 4 is 11.5 Å². The summed E-state index contributed by atoms with van der Waals surface area (Å²) in [6.07, 6.45) is 1.44. The third-order valence-corrected chi connectivity index (χ3v) is 1.27. The Morgan fingerprint density at radius 3 is 2.73 bits per heavy atom. The molecule has 0 aliphatic heterocycles. The summed E-state index contributed by atoms with van der Waals surface area (Å²) in [7, 11) is 0. The highest BCUT2D eigenvalue weighted by Crippen LogP contribution is 2.06. The minimum atomic E-state index is -0.131. The number of ketones is 1. The summed E-state index contributed by atoms with van der Waals surface area (Å²) in [4.78, 5) is 18.6. The second-order valence-electron chi connectivity index (χ2n) is 2.28. The maximum atomic E-state index is 10.8. The number of aryl methyl sites for hydroxylation is 1. The van der Waals surface area contributed by atoms with Gasteiger partial charge in [-0.15, -0.1) is 0 Å². The molecule has 0 bridgehead atoms. The number of carbonyl (C=O) groups is 1. The van der Waals surface area contributed by atoms with E-state index in [1.807, 2.05) is 0 Å². The van der Waals surface area contributed by atoms with Gasteiger partial charge in [0.15, 0.2) is 5.78 Å². The van der Waals surface area contributed by atoms with Crippen LogP contribution >= 0.6 is 0 Å². The van der Waals surface area contributed by atoms with Gasteiger partial charge in [0.25, 0.3) is 0 Å². The number of nitrogens with two attached hydrogens (primary N) is 1. The SMILES string of the molecule is CC(=O)c1nc(C)ncc1N. The van der Waals surface area contributed by atoms with Crippen LogP contribution in [0.5, 0.6) is 0 Å². The molecule has 0 aliphatic carbocycles. The molecule has 0 atom stereocenters. The number of Topliss-reactive ketones (excluding diaryl/α,β-unsaturated/α-hetero) is 1.